The maximum atomic E-state index is 3.38. The fourth-order valence-electron chi connectivity index (χ4n) is 4.13. The molecule has 0 unspecified atom stereocenters. The van der Waals surface area contributed by atoms with Gasteiger partial charge in [0.15, 0.2) is 0 Å². The van der Waals surface area contributed by atoms with Gasteiger partial charge >= 0.3 is 0 Å². The monoisotopic (exact) mass is 490 g/mol. The van der Waals surface area contributed by atoms with Crippen molar-refractivity contribution < 1.29 is 0 Å². The van der Waals surface area contributed by atoms with Crippen molar-refractivity contribution in [2.24, 2.45) is 0 Å². The minimum absolute atomic E-state index is 1.10. The number of nitrogens with one attached hydrogen (secondary N) is 2. The lowest BCUT2D eigenvalue weighted by Gasteiger charge is -2.07. The molecule has 0 spiro atoms. The van der Waals surface area contributed by atoms with Gasteiger partial charge in [-0.25, -0.2) is 0 Å². The van der Waals surface area contributed by atoms with Crippen LogP contribution in [0.4, 0.5) is 22.7 Å². The van der Waals surface area contributed by atoms with E-state index < -0.39 is 0 Å². The van der Waals surface area contributed by atoms with E-state index in [9.17, 15) is 0 Å². The Morgan fingerprint density at radius 3 is 0.763 bits per heavy atom. The molecule has 38 heavy (non-hydrogen) atoms. The molecular formula is C36H30N2. The zero-order valence-electron chi connectivity index (χ0n) is 21.2. The van der Waals surface area contributed by atoms with Crippen LogP contribution >= 0.6 is 0 Å². The predicted octanol–water partition coefficient (Wildman–Crippen LogP) is 10.2. The average molecular weight is 491 g/mol. The summed E-state index contributed by atoms with van der Waals surface area (Å²) in [5.74, 6) is 0. The standard InChI is InChI=1S/2C18H15N/c2*1-3-7-15(8-4-1)16-11-13-18(14-12-16)19-17-9-5-2-6-10-17/h2*1-14,19H. The number of hydrogen-bond acceptors (Lipinski definition) is 2. The summed E-state index contributed by atoms with van der Waals surface area (Å²) in [6.45, 7) is 0. The molecule has 6 aromatic carbocycles. The first-order valence-electron chi connectivity index (χ1n) is 12.8. The van der Waals surface area contributed by atoms with Crippen LogP contribution in [0.25, 0.3) is 22.3 Å². The zero-order chi connectivity index (χ0) is 25.8. The summed E-state index contributed by atoms with van der Waals surface area (Å²) in [5, 5.41) is 6.77. The van der Waals surface area contributed by atoms with E-state index >= 15 is 0 Å². The van der Waals surface area contributed by atoms with Crippen molar-refractivity contribution in [2.45, 2.75) is 0 Å². The van der Waals surface area contributed by atoms with Crippen molar-refractivity contribution in [1.82, 2.24) is 0 Å². The van der Waals surface area contributed by atoms with E-state index in [2.05, 4.69) is 132 Å². The number of hydrogen-bond donors (Lipinski definition) is 2. The zero-order valence-corrected chi connectivity index (χ0v) is 21.2. The van der Waals surface area contributed by atoms with E-state index in [1.165, 1.54) is 22.3 Å². The van der Waals surface area contributed by atoms with Crippen LogP contribution in [-0.4, -0.2) is 0 Å². The number of benzene rings is 6. The third kappa shape index (κ3) is 6.99. The molecule has 2 N–H and O–H groups in total. The van der Waals surface area contributed by atoms with Gasteiger partial charge in [-0.2, -0.15) is 0 Å². The first-order valence-corrected chi connectivity index (χ1v) is 12.8. The Kier molecular flexibility index (Phi) is 8.26. The summed E-state index contributed by atoms with van der Waals surface area (Å²) in [5.41, 5.74) is 9.38. The van der Waals surface area contributed by atoms with Gasteiger partial charge in [0.2, 0.25) is 0 Å². The van der Waals surface area contributed by atoms with E-state index in [-0.39, 0.29) is 0 Å². The van der Waals surface area contributed by atoms with E-state index in [0.717, 1.165) is 22.7 Å². The molecule has 2 nitrogen and oxygen atoms in total. The summed E-state index contributed by atoms with van der Waals surface area (Å²) in [6, 6.07) is 58.2. The van der Waals surface area contributed by atoms with Crippen molar-refractivity contribution in [1.29, 1.82) is 0 Å². The molecule has 0 aromatic heterocycles. The highest BCUT2D eigenvalue weighted by molar-refractivity contribution is 5.69. The van der Waals surface area contributed by atoms with E-state index in [0.29, 0.717) is 0 Å². The molecule has 0 aliphatic rings. The van der Waals surface area contributed by atoms with Gasteiger partial charge in [0, 0.05) is 22.7 Å². The molecule has 0 heterocycles. The lowest BCUT2D eigenvalue weighted by Crippen LogP contribution is -1.89. The average Bonchev–Trinajstić information content (AvgIpc) is 3.00. The lowest BCUT2D eigenvalue weighted by molar-refractivity contribution is 1.54. The highest BCUT2D eigenvalue weighted by Gasteiger charge is 1.99. The molecule has 0 fully saturated rings. The molecular weight excluding hydrogens is 460 g/mol. The molecule has 0 amide bonds. The molecule has 0 aliphatic heterocycles. The fourth-order valence-corrected chi connectivity index (χ4v) is 4.13. The van der Waals surface area contributed by atoms with Crippen molar-refractivity contribution in [3.63, 3.8) is 0 Å². The van der Waals surface area contributed by atoms with Crippen LogP contribution in [0, 0.1) is 0 Å². The number of rotatable bonds is 6. The second kappa shape index (κ2) is 12.8. The van der Waals surface area contributed by atoms with Crippen molar-refractivity contribution in [2.75, 3.05) is 10.6 Å². The maximum absolute atomic E-state index is 3.38. The Morgan fingerprint density at radius 1 is 0.211 bits per heavy atom. The molecule has 6 rings (SSSR count). The van der Waals surface area contributed by atoms with Gasteiger partial charge in [-0.3, -0.25) is 0 Å². The second-order valence-electron chi connectivity index (χ2n) is 8.87. The Balaban J connectivity index is 0.000000155. The second-order valence-corrected chi connectivity index (χ2v) is 8.87. The van der Waals surface area contributed by atoms with E-state index in [1.807, 2.05) is 48.5 Å². The van der Waals surface area contributed by atoms with Gasteiger partial charge in [-0.1, -0.05) is 121 Å². The van der Waals surface area contributed by atoms with Gasteiger partial charge in [0.1, 0.15) is 0 Å². The van der Waals surface area contributed by atoms with Crippen LogP contribution < -0.4 is 10.6 Å². The Labute approximate surface area is 225 Å². The van der Waals surface area contributed by atoms with Crippen LogP contribution in [0.3, 0.4) is 0 Å². The van der Waals surface area contributed by atoms with Crippen molar-refractivity contribution >= 4 is 22.7 Å². The SMILES string of the molecule is c1ccc(Nc2ccc(-c3ccccc3)cc2)cc1.c1ccc(Nc2ccc(-c3ccccc3)cc2)cc1. The van der Waals surface area contributed by atoms with Crippen LogP contribution in [0.15, 0.2) is 170 Å². The maximum Gasteiger partial charge on any atom is 0.0384 e. The highest BCUT2D eigenvalue weighted by Crippen LogP contribution is 2.24. The smallest absolute Gasteiger partial charge is 0.0384 e. The molecule has 2 heteroatoms. The topological polar surface area (TPSA) is 24.1 Å². The third-order valence-corrected chi connectivity index (χ3v) is 6.11. The molecule has 0 bridgehead atoms. The lowest BCUT2D eigenvalue weighted by atomic mass is 10.1. The van der Waals surface area contributed by atoms with Crippen LogP contribution in [0.1, 0.15) is 0 Å². The van der Waals surface area contributed by atoms with Gasteiger partial charge in [0.25, 0.3) is 0 Å². The van der Waals surface area contributed by atoms with Crippen molar-refractivity contribution in [3.8, 4) is 22.3 Å². The van der Waals surface area contributed by atoms with Gasteiger partial charge < -0.3 is 10.6 Å². The van der Waals surface area contributed by atoms with Crippen LogP contribution in [0.5, 0.6) is 0 Å². The Morgan fingerprint density at radius 2 is 0.447 bits per heavy atom. The normalized spacial score (nSPS) is 10.1. The molecule has 184 valence electrons. The number of para-hydroxylation sites is 2. The summed E-state index contributed by atoms with van der Waals surface area (Å²) >= 11 is 0. The van der Waals surface area contributed by atoms with Crippen LogP contribution in [-0.2, 0) is 0 Å². The minimum atomic E-state index is 1.10. The molecule has 0 saturated heterocycles. The molecule has 0 saturated carbocycles. The fraction of sp³-hybridized carbons (Fsp3) is 0. The molecule has 0 aliphatic carbocycles. The van der Waals surface area contributed by atoms with Crippen molar-refractivity contribution in [3.05, 3.63) is 170 Å². The summed E-state index contributed by atoms with van der Waals surface area (Å²) < 4.78 is 0. The quantitative estimate of drug-likeness (QED) is 0.243. The number of anilines is 4. The Hall–Kier alpha value is -5.08. The summed E-state index contributed by atoms with van der Waals surface area (Å²) in [6.07, 6.45) is 0. The largest absolute Gasteiger partial charge is 0.356 e. The minimum Gasteiger partial charge on any atom is -0.356 e. The Bertz CT molecular complexity index is 1380. The van der Waals surface area contributed by atoms with Gasteiger partial charge in [-0.15, -0.1) is 0 Å². The molecule has 0 atom stereocenters. The predicted molar refractivity (Wildman–Crippen MR) is 163 cm³/mol. The first kappa shape index (κ1) is 24.6. The molecule has 6 aromatic rings. The van der Waals surface area contributed by atoms with E-state index in [1.54, 1.807) is 0 Å². The highest BCUT2D eigenvalue weighted by atomic mass is 14.9. The van der Waals surface area contributed by atoms with E-state index in [4.69, 9.17) is 0 Å². The third-order valence-electron chi connectivity index (χ3n) is 6.11. The summed E-state index contributed by atoms with van der Waals surface area (Å²) in [4.78, 5) is 0. The summed E-state index contributed by atoms with van der Waals surface area (Å²) in [7, 11) is 0. The van der Waals surface area contributed by atoms with Gasteiger partial charge in [0.05, 0.1) is 0 Å². The van der Waals surface area contributed by atoms with Crippen LogP contribution in [0.2, 0.25) is 0 Å². The van der Waals surface area contributed by atoms with Gasteiger partial charge in [-0.05, 0) is 70.8 Å². The first-order chi connectivity index (χ1) is 18.8. The molecule has 0 radical (unpaired) electrons.